The van der Waals surface area contributed by atoms with E-state index in [-0.39, 0.29) is 16.8 Å². The minimum Gasteiger partial charge on any atom is -0.375 e. The van der Waals surface area contributed by atoms with Crippen LogP contribution in [0.5, 0.6) is 0 Å². The Morgan fingerprint density at radius 2 is 1.91 bits per heavy atom. The summed E-state index contributed by atoms with van der Waals surface area (Å²) in [7, 11) is 0. The Labute approximate surface area is 129 Å². The third-order valence-electron chi connectivity index (χ3n) is 2.74. The number of hydrogen-bond donors (Lipinski definition) is 3. The van der Waals surface area contributed by atoms with E-state index in [0.29, 0.717) is 5.56 Å². The first-order valence-corrected chi connectivity index (χ1v) is 6.52. The summed E-state index contributed by atoms with van der Waals surface area (Å²) >= 11 is 4.57. The van der Waals surface area contributed by atoms with Gasteiger partial charge in [-0.3, -0.25) is 10.9 Å². The second kappa shape index (κ2) is 6.14. The lowest BCUT2D eigenvalue weighted by molar-refractivity contribution is -0.141. The van der Waals surface area contributed by atoms with E-state index in [1.807, 2.05) is 0 Å². The van der Waals surface area contributed by atoms with Crippen molar-refractivity contribution in [3.05, 3.63) is 41.6 Å². The normalized spacial score (nSPS) is 11.1. The van der Waals surface area contributed by atoms with E-state index in [9.17, 15) is 13.2 Å². The maximum Gasteiger partial charge on any atom is 0.433 e. The number of nitrogens with zero attached hydrogens (tertiary/aromatic N) is 2. The fourth-order valence-corrected chi connectivity index (χ4v) is 1.82. The van der Waals surface area contributed by atoms with Crippen LogP contribution in [0.1, 0.15) is 11.3 Å². The maximum atomic E-state index is 13.0. The van der Waals surface area contributed by atoms with Crippen LogP contribution >= 0.6 is 12.2 Å². The Morgan fingerprint density at radius 3 is 2.50 bits per heavy atom. The molecule has 0 amide bonds. The number of nitrogens with two attached hydrogens (primary N) is 1. The molecule has 1 heterocycles. The highest BCUT2D eigenvalue weighted by molar-refractivity contribution is 7.80. The minimum atomic E-state index is -4.60. The Balaban J connectivity index is 2.51. The number of hydrazine groups is 1. The first kappa shape index (κ1) is 16.0. The molecule has 0 radical (unpaired) electrons. The molecule has 0 saturated heterocycles. The van der Waals surface area contributed by atoms with E-state index in [1.54, 1.807) is 31.2 Å². The third-order valence-corrected chi connectivity index (χ3v) is 2.84. The van der Waals surface area contributed by atoms with Crippen LogP contribution in [0.3, 0.4) is 0 Å². The van der Waals surface area contributed by atoms with Crippen LogP contribution < -0.4 is 16.6 Å². The lowest BCUT2D eigenvalue weighted by Crippen LogP contribution is -2.35. The van der Waals surface area contributed by atoms with Crippen molar-refractivity contribution >= 4 is 23.3 Å². The number of alkyl halides is 3. The van der Waals surface area contributed by atoms with Gasteiger partial charge in [-0.1, -0.05) is 24.3 Å². The summed E-state index contributed by atoms with van der Waals surface area (Å²) in [5.74, 6) is -0.277. The van der Waals surface area contributed by atoms with Gasteiger partial charge in [0.1, 0.15) is 0 Å². The van der Waals surface area contributed by atoms with E-state index in [1.165, 1.54) is 0 Å². The van der Waals surface area contributed by atoms with Gasteiger partial charge in [0.05, 0.1) is 5.69 Å². The average molecular weight is 327 g/mol. The van der Waals surface area contributed by atoms with Gasteiger partial charge in [0.25, 0.3) is 0 Å². The number of hydrogen-bond acceptors (Lipinski definition) is 4. The third kappa shape index (κ3) is 3.82. The van der Waals surface area contributed by atoms with Gasteiger partial charge in [-0.25, -0.2) is 9.97 Å². The molecule has 0 atom stereocenters. The summed E-state index contributed by atoms with van der Waals surface area (Å²) in [6.07, 6.45) is -4.60. The summed E-state index contributed by atoms with van der Waals surface area (Å²) in [5, 5.41) is -0.140. The predicted molar refractivity (Wildman–Crippen MR) is 80.8 cm³/mol. The lowest BCUT2D eigenvalue weighted by Gasteiger charge is -2.13. The molecule has 0 aliphatic heterocycles. The van der Waals surface area contributed by atoms with Gasteiger partial charge in [0.15, 0.2) is 10.8 Å². The van der Waals surface area contributed by atoms with E-state index >= 15 is 0 Å². The molecule has 1 aromatic heterocycles. The largest absolute Gasteiger partial charge is 0.433 e. The molecule has 116 valence electrons. The number of anilines is 1. The smallest absolute Gasteiger partial charge is 0.375 e. The van der Waals surface area contributed by atoms with Crippen molar-refractivity contribution in [2.45, 2.75) is 13.1 Å². The molecule has 2 aromatic rings. The molecule has 0 spiro atoms. The standard InChI is InChI=1S/C13H12F3N5S/c1-7-4-2-3-5-8(7)9-6-10(13(14,15)16)19-12(18-9)21-20-11(17)22/h2-6H,1H3,(H3,17,20,22)(H,18,19,21). The van der Waals surface area contributed by atoms with Gasteiger partial charge in [-0.2, -0.15) is 13.2 Å². The number of halogens is 3. The molecule has 0 unspecified atom stereocenters. The van der Waals surface area contributed by atoms with Crippen molar-refractivity contribution in [1.82, 2.24) is 15.4 Å². The Bertz CT molecular complexity index is 702. The van der Waals surface area contributed by atoms with Gasteiger partial charge in [-0.05, 0) is 30.8 Å². The van der Waals surface area contributed by atoms with Gasteiger partial charge >= 0.3 is 6.18 Å². The van der Waals surface area contributed by atoms with Crippen LogP contribution in [-0.2, 0) is 6.18 Å². The summed E-state index contributed by atoms with van der Waals surface area (Å²) in [4.78, 5) is 7.46. The molecule has 0 fully saturated rings. The molecule has 1 aromatic carbocycles. The number of aromatic nitrogens is 2. The maximum absolute atomic E-state index is 13.0. The van der Waals surface area contributed by atoms with E-state index in [0.717, 1.165) is 11.6 Å². The van der Waals surface area contributed by atoms with E-state index in [2.05, 4.69) is 33.0 Å². The molecular formula is C13H12F3N5S. The summed E-state index contributed by atoms with van der Waals surface area (Å²) < 4.78 is 38.9. The Kier molecular flexibility index (Phi) is 4.45. The molecule has 0 saturated carbocycles. The van der Waals surface area contributed by atoms with Crippen molar-refractivity contribution in [1.29, 1.82) is 0 Å². The fraction of sp³-hybridized carbons (Fsp3) is 0.154. The predicted octanol–water partition coefficient (Wildman–Crippen LogP) is 2.63. The second-order valence-electron chi connectivity index (χ2n) is 4.39. The van der Waals surface area contributed by atoms with Gasteiger partial charge in [0.2, 0.25) is 5.95 Å². The molecule has 0 aliphatic rings. The van der Waals surface area contributed by atoms with Crippen LogP contribution in [-0.4, -0.2) is 15.1 Å². The highest BCUT2D eigenvalue weighted by Gasteiger charge is 2.34. The number of rotatable bonds is 3. The van der Waals surface area contributed by atoms with Crippen LogP contribution in [0, 0.1) is 6.92 Å². The molecule has 0 aliphatic carbocycles. The summed E-state index contributed by atoms with van der Waals surface area (Å²) in [6.45, 7) is 1.78. The number of benzene rings is 1. The second-order valence-corrected chi connectivity index (χ2v) is 4.83. The highest BCUT2D eigenvalue weighted by atomic mass is 32.1. The van der Waals surface area contributed by atoms with Crippen molar-refractivity contribution < 1.29 is 13.2 Å². The van der Waals surface area contributed by atoms with Crippen molar-refractivity contribution in [3.8, 4) is 11.3 Å². The van der Waals surface area contributed by atoms with Crippen molar-refractivity contribution in [2.24, 2.45) is 5.73 Å². The van der Waals surface area contributed by atoms with Crippen LogP contribution in [0.25, 0.3) is 11.3 Å². The lowest BCUT2D eigenvalue weighted by atomic mass is 10.1. The van der Waals surface area contributed by atoms with Crippen molar-refractivity contribution in [2.75, 3.05) is 5.43 Å². The van der Waals surface area contributed by atoms with Crippen LogP contribution in [0.2, 0.25) is 0 Å². The summed E-state index contributed by atoms with van der Waals surface area (Å²) in [5.41, 5.74) is 10.3. The zero-order chi connectivity index (χ0) is 16.3. The first-order valence-electron chi connectivity index (χ1n) is 6.11. The van der Waals surface area contributed by atoms with E-state index < -0.39 is 11.9 Å². The number of aryl methyl sites for hydroxylation is 1. The SMILES string of the molecule is Cc1ccccc1-c1cc(C(F)(F)F)nc(NNC(N)=S)n1. The number of thiocarbonyl (C=S) groups is 1. The van der Waals surface area contributed by atoms with Gasteiger partial charge < -0.3 is 5.73 Å². The topological polar surface area (TPSA) is 75.9 Å². The van der Waals surface area contributed by atoms with Crippen molar-refractivity contribution in [3.63, 3.8) is 0 Å². The molecule has 2 rings (SSSR count). The molecule has 0 bridgehead atoms. The minimum absolute atomic E-state index is 0.140. The van der Waals surface area contributed by atoms with Crippen LogP contribution in [0.15, 0.2) is 30.3 Å². The molecule has 9 heteroatoms. The Hall–Kier alpha value is -2.42. The zero-order valence-corrected chi connectivity index (χ0v) is 12.2. The quantitative estimate of drug-likeness (QED) is 0.594. The van der Waals surface area contributed by atoms with Gasteiger partial charge in [-0.15, -0.1) is 0 Å². The molecular weight excluding hydrogens is 315 g/mol. The Morgan fingerprint density at radius 1 is 1.23 bits per heavy atom. The number of nitrogens with one attached hydrogen (secondary N) is 2. The van der Waals surface area contributed by atoms with E-state index in [4.69, 9.17) is 5.73 Å². The molecule has 4 N–H and O–H groups in total. The summed E-state index contributed by atoms with van der Waals surface area (Å²) in [6, 6.07) is 7.87. The molecule has 22 heavy (non-hydrogen) atoms. The molecule has 5 nitrogen and oxygen atoms in total. The fourth-order valence-electron chi connectivity index (χ4n) is 1.76. The monoisotopic (exact) mass is 327 g/mol. The van der Waals surface area contributed by atoms with Crippen LogP contribution in [0.4, 0.5) is 19.1 Å². The average Bonchev–Trinajstić information content (AvgIpc) is 2.44. The first-order chi connectivity index (χ1) is 10.3. The zero-order valence-electron chi connectivity index (χ0n) is 11.4. The van der Waals surface area contributed by atoms with Gasteiger partial charge in [0, 0.05) is 5.56 Å². The highest BCUT2D eigenvalue weighted by Crippen LogP contribution is 2.31.